The molecule has 0 fully saturated rings. The lowest BCUT2D eigenvalue weighted by molar-refractivity contribution is 0.431. The number of aromatic amines is 1. The normalized spacial score (nSPS) is 11.0. The number of H-pyrrole nitrogens is 1. The molecule has 0 atom stereocenters. The second kappa shape index (κ2) is 5.48. The molecular weight excluding hydrogens is 299 g/mol. The zero-order valence-corrected chi connectivity index (χ0v) is 11.8. The molecule has 0 radical (unpaired) electrons. The van der Waals surface area contributed by atoms with Crippen LogP contribution in [0, 0.1) is 5.82 Å². The minimum absolute atomic E-state index is 0.267. The molecule has 0 saturated carbocycles. The smallest absolute Gasteiger partial charge is 0.274 e. The molecule has 7 nitrogen and oxygen atoms in total. The Hall–Kier alpha value is -3.29. The van der Waals surface area contributed by atoms with Crippen LogP contribution in [0.3, 0.4) is 0 Å². The Bertz CT molecular complexity index is 910. The lowest BCUT2D eigenvalue weighted by Crippen LogP contribution is -2.00. The lowest BCUT2D eigenvalue weighted by Gasteiger charge is -1.99. The summed E-state index contributed by atoms with van der Waals surface area (Å²) in [6, 6.07) is 9.91. The summed E-state index contributed by atoms with van der Waals surface area (Å²) in [6.45, 7) is 0.481. The molecule has 0 bridgehead atoms. The van der Waals surface area contributed by atoms with Crippen LogP contribution in [-0.4, -0.2) is 30.1 Å². The number of halogens is 1. The van der Waals surface area contributed by atoms with Gasteiger partial charge in [-0.05, 0) is 29.8 Å². The fraction of sp³-hybridized carbons (Fsp3) is 0.0667. The highest BCUT2D eigenvalue weighted by molar-refractivity contribution is 5.53. The largest absolute Gasteiger partial charge is 0.357 e. The van der Waals surface area contributed by atoms with Crippen molar-refractivity contribution >= 4 is 0 Å². The number of nitrogens with zero attached hydrogens (tertiary/aromatic N) is 5. The van der Waals surface area contributed by atoms with Crippen molar-refractivity contribution in [3.8, 4) is 23.1 Å². The molecular formula is C15H11FN6O. The van der Waals surface area contributed by atoms with Crippen molar-refractivity contribution < 1.29 is 8.91 Å². The summed E-state index contributed by atoms with van der Waals surface area (Å²) < 4.78 is 19.7. The summed E-state index contributed by atoms with van der Waals surface area (Å²) in [7, 11) is 0. The molecule has 0 saturated heterocycles. The van der Waals surface area contributed by atoms with Gasteiger partial charge < -0.3 is 9.51 Å². The van der Waals surface area contributed by atoms with E-state index >= 15 is 0 Å². The predicted molar refractivity (Wildman–Crippen MR) is 78.6 cm³/mol. The second-order valence-corrected chi connectivity index (χ2v) is 4.93. The Morgan fingerprint density at radius 1 is 1.17 bits per heavy atom. The number of aromatic nitrogens is 6. The summed E-state index contributed by atoms with van der Waals surface area (Å²) in [5.41, 5.74) is 2.17. The van der Waals surface area contributed by atoms with Gasteiger partial charge in [0.05, 0.1) is 12.7 Å². The van der Waals surface area contributed by atoms with Gasteiger partial charge in [-0.15, -0.1) is 5.10 Å². The summed E-state index contributed by atoms with van der Waals surface area (Å²) in [5.74, 6) is 0.481. The number of hydrogen-bond acceptors (Lipinski definition) is 5. The van der Waals surface area contributed by atoms with Crippen LogP contribution in [0.2, 0.25) is 0 Å². The van der Waals surface area contributed by atoms with Crippen LogP contribution in [0.4, 0.5) is 4.39 Å². The number of hydrogen-bond donors (Lipinski definition) is 1. The van der Waals surface area contributed by atoms with Crippen molar-refractivity contribution in [2.75, 3.05) is 0 Å². The molecule has 0 unspecified atom stereocenters. The van der Waals surface area contributed by atoms with Gasteiger partial charge >= 0.3 is 0 Å². The minimum Gasteiger partial charge on any atom is -0.357 e. The minimum atomic E-state index is -0.267. The van der Waals surface area contributed by atoms with E-state index in [1.165, 1.54) is 12.1 Å². The average molecular weight is 310 g/mol. The first kappa shape index (κ1) is 13.4. The first-order chi connectivity index (χ1) is 11.3. The van der Waals surface area contributed by atoms with Crippen molar-refractivity contribution in [1.29, 1.82) is 0 Å². The molecule has 0 spiro atoms. The zero-order valence-electron chi connectivity index (χ0n) is 11.8. The van der Waals surface area contributed by atoms with Crippen molar-refractivity contribution in [2.45, 2.75) is 6.54 Å². The average Bonchev–Trinajstić information content (AvgIpc) is 3.30. The maximum absolute atomic E-state index is 12.9. The fourth-order valence-corrected chi connectivity index (χ4v) is 2.16. The second-order valence-electron chi connectivity index (χ2n) is 4.93. The molecule has 0 amide bonds. The van der Waals surface area contributed by atoms with E-state index in [0.717, 1.165) is 11.3 Å². The third-order valence-corrected chi connectivity index (χ3v) is 3.28. The van der Waals surface area contributed by atoms with Crippen LogP contribution in [0.5, 0.6) is 0 Å². The fourth-order valence-electron chi connectivity index (χ4n) is 2.16. The van der Waals surface area contributed by atoms with E-state index in [0.29, 0.717) is 24.0 Å². The molecule has 4 aromatic rings. The molecule has 23 heavy (non-hydrogen) atoms. The molecule has 1 aromatic carbocycles. The topological polar surface area (TPSA) is 85.4 Å². The van der Waals surface area contributed by atoms with Gasteiger partial charge in [-0.25, -0.2) is 9.07 Å². The Labute approximate surface area is 129 Å². The van der Waals surface area contributed by atoms with Crippen LogP contribution in [0.25, 0.3) is 23.1 Å². The highest BCUT2D eigenvalue weighted by Crippen LogP contribution is 2.19. The van der Waals surface area contributed by atoms with Gasteiger partial charge in [0.15, 0.2) is 5.69 Å². The van der Waals surface area contributed by atoms with Crippen LogP contribution in [0.15, 0.2) is 53.3 Å². The third-order valence-electron chi connectivity index (χ3n) is 3.28. The van der Waals surface area contributed by atoms with E-state index < -0.39 is 0 Å². The molecule has 0 aliphatic rings. The molecule has 0 aliphatic carbocycles. The van der Waals surface area contributed by atoms with Gasteiger partial charge in [-0.2, -0.15) is 4.98 Å². The number of rotatable bonds is 4. The van der Waals surface area contributed by atoms with E-state index in [1.54, 1.807) is 29.2 Å². The van der Waals surface area contributed by atoms with Crippen molar-refractivity contribution in [3.05, 3.63) is 60.2 Å². The van der Waals surface area contributed by atoms with E-state index in [9.17, 15) is 4.39 Å². The first-order valence-corrected chi connectivity index (χ1v) is 6.90. The van der Waals surface area contributed by atoms with Crippen molar-refractivity contribution in [1.82, 2.24) is 30.1 Å². The van der Waals surface area contributed by atoms with Gasteiger partial charge in [0, 0.05) is 6.20 Å². The van der Waals surface area contributed by atoms with E-state index in [-0.39, 0.29) is 5.82 Å². The molecule has 8 heteroatoms. The Morgan fingerprint density at radius 3 is 2.83 bits per heavy atom. The monoisotopic (exact) mass is 310 g/mol. The van der Waals surface area contributed by atoms with Gasteiger partial charge in [0.1, 0.15) is 11.5 Å². The predicted octanol–water partition coefficient (Wildman–Crippen LogP) is 2.51. The highest BCUT2D eigenvalue weighted by Gasteiger charge is 2.14. The molecule has 3 aromatic heterocycles. The zero-order chi connectivity index (χ0) is 15.6. The maximum atomic E-state index is 12.9. The van der Waals surface area contributed by atoms with Crippen LogP contribution in [0.1, 0.15) is 5.56 Å². The van der Waals surface area contributed by atoms with Gasteiger partial charge in [0.2, 0.25) is 5.82 Å². The van der Waals surface area contributed by atoms with Gasteiger partial charge in [-0.3, -0.25) is 0 Å². The number of nitrogens with one attached hydrogen (secondary N) is 1. The Kier molecular flexibility index (Phi) is 3.19. The quantitative estimate of drug-likeness (QED) is 0.626. The third kappa shape index (κ3) is 2.73. The lowest BCUT2D eigenvalue weighted by atomic mass is 10.2. The SMILES string of the molecule is Fc1ccc(Cn2cc(-c3noc(-c4ccc[nH]4)n3)nn2)cc1. The molecule has 1 N–H and O–H groups in total. The van der Waals surface area contributed by atoms with Gasteiger partial charge in [0.25, 0.3) is 5.89 Å². The summed E-state index contributed by atoms with van der Waals surface area (Å²) in [4.78, 5) is 7.27. The summed E-state index contributed by atoms with van der Waals surface area (Å²) in [6.07, 6.45) is 3.49. The maximum Gasteiger partial charge on any atom is 0.274 e. The standard InChI is InChI=1S/C15H11FN6O/c16-11-5-3-10(4-6-11)8-22-9-13(19-21-22)14-18-15(23-20-14)12-2-1-7-17-12/h1-7,9,17H,8H2. The van der Waals surface area contributed by atoms with Crippen LogP contribution < -0.4 is 0 Å². The summed E-state index contributed by atoms with van der Waals surface area (Å²) in [5, 5.41) is 12.0. The highest BCUT2D eigenvalue weighted by atomic mass is 19.1. The van der Waals surface area contributed by atoms with Crippen LogP contribution in [-0.2, 0) is 6.54 Å². The molecule has 114 valence electrons. The molecule has 0 aliphatic heterocycles. The Morgan fingerprint density at radius 2 is 2.04 bits per heavy atom. The summed E-state index contributed by atoms with van der Waals surface area (Å²) >= 11 is 0. The molecule has 3 heterocycles. The van der Waals surface area contributed by atoms with E-state index in [1.807, 2.05) is 12.1 Å². The first-order valence-electron chi connectivity index (χ1n) is 6.90. The van der Waals surface area contributed by atoms with E-state index in [4.69, 9.17) is 4.52 Å². The van der Waals surface area contributed by atoms with Crippen LogP contribution >= 0.6 is 0 Å². The van der Waals surface area contributed by atoms with E-state index in [2.05, 4.69) is 25.4 Å². The van der Waals surface area contributed by atoms with Crippen molar-refractivity contribution in [2.24, 2.45) is 0 Å². The van der Waals surface area contributed by atoms with Gasteiger partial charge in [-0.1, -0.05) is 22.5 Å². The number of benzene rings is 1. The Balaban J connectivity index is 1.55. The van der Waals surface area contributed by atoms with Crippen molar-refractivity contribution in [3.63, 3.8) is 0 Å². The molecule has 4 rings (SSSR count).